The first-order chi connectivity index (χ1) is 10.1. The number of aryl methyl sites for hydroxylation is 1. The number of nitrogens with one attached hydrogen (secondary N) is 1. The first-order valence-corrected chi connectivity index (χ1v) is 8.01. The molecule has 1 aromatic heterocycles. The molecule has 1 aromatic carbocycles. The summed E-state index contributed by atoms with van der Waals surface area (Å²) in [7, 11) is 0. The Balaban J connectivity index is 2.34. The van der Waals surface area contributed by atoms with Gasteiger partial charge in [-0.1, -0.05) is 37.6 Å². The summed E-state index contributed by atoms with van der Waals surface area (Å²) >= 11 is 6.25. The van der Waals surface area contributed by atoms with Gasteiger partial charge < -0.3 is 5.32 Å². The molecule has 2 rings (SSSR count). The molecule has 0 fully saturated rings. The van der Waals surface area contributed by atoms with Crippen LogP contribution in [0.5, 0.6) is 0 Å². The third-order valence-electron chi connectivity index (χ3n) is 3.77. The SMILES string of the molecule is CCCNC(CC)c1cccc(-n2nc(C)c(Cl)c2C)c1. The molecule has 0 aliphatic carbocycles. The highest BCUT2D eigenvalue weighted by Crippen LogP contribution is 2.24. The van der Waals surface area contributed by atoms with Gasteiger partial charge in [-0.25, -0.2) is 4.68 Å². The molecule has 1 unspecified atom stereocenters. The third-order valence-corrected chi connectivity index (χ3v) is 4.32. The summed E-state index contributed by atoms with van der Waals surface area (Å²) in [5.41, 5.74) is 4.22. The monoisotopic (exact) mass is 305 g/mol. The Morgan fingerprint density at radius 3 is 2.62 bits per heavy atom. The van der Waals surface area contributed by atoms with E-state index in [-0.39, 0.29) is 0 Å². The van der Waals surface area contributed by atoms with E-state index in [1.54, 1.807) is 0 Å². The smallest absolute Gasteiger partial charge is 0.0848 e. The minimum absolute atomic E-state index is 0.386. The van der Waals surface area contributed by atoms with Gasteiger partial charge in [0.25, 0.3) is 0 Å². The average Bonchev–Trinajstić information content (AvgIpc) is 2.76. The number of rotatable bonds is 6. The molecule has 0 aliphatic rings. The Kier molecular flexibility index (Phi) is 5.43. The van der Waals surface area contributed by atoms with Gasteiger partial charge in [0.1, 0.15) is 0 Å². The Labute approximate surface area is 132 Å². The van der Waals surface area contributed by atoms with Crippen LogP contribution in [0, 0.1) is 13.8 Å². The van der Waals surface area contributed by atoms with Crippen LogP contribution in [0.2, 0.25) is 5.02 Å². The van der Waals surface area contributed by atoms with Gasteiger partial charge in [0.2, 0.25) is 0 Å². The number of halogens is 1. The molecule has 1 atom stereocenters. The molecule has 0 amide bonds. The van der Waals surface area contributed by atoms with Crippen LogP contribution in [0.4, 0.5) is 0 Å². The molecule has 114 valence electrons. The number of aromatic nitrogens is 2. The van der Waals surface area contributed by atoms with Gasteiger partial charge in [-0.3, -0.25) is 0 Å². The van der Waals surface area contributed by atoms with E-state index >= 15 is 0 Å². The largest absolute Gasteiger partial charge is 0.310 e. The first kappa shape index (κ1) is 16.1. The predicted molar refractivity (Wildman–Crippen MR) is 89.4 cm³/mol. The van der Waals surface area contributed by atoms with Gasteiger partial charge in [0.05, 0.1) is 22.1 Å². The third kappa shape index (κ3) is 3.47. The lowest BCUT2D eigenvalue weighted by Crippen LogP contribution is -2.21. The molecule has 3 nitrogen and oxygen atoms in total. The molecular weight excluding hydrogens is 282 g/mol. The van der Waals surface area contributed by atoms with E-state index in [1.165, 1.54) is 5.56 Å². The molecule has 4 heteroatoms. The van der Waals surface area contributed by atoms with E-state index in [1.807, 2.05) is 18.5 Å². The molecule has 0 saturated heterocycles. The number of benzene rings is 1. The van der Waals surface area contributed by atoms with Crippen LogP contribution in [0.3, 0.4) is 0 Å². The average molecular weight is 306 g/mol. The minimum atomic E-state index is 0.386. The molecule has 1 heterocycles. The second-order valence-electron chi connectivity index (χ2n) is 5.41. The Morgan fingerprint density at radius 1 is 1.29 bits per heavy atom. The van der Waals surface area contributed by atoms with Gasteiger partial charge in [0.15, 0.2) is 0 Å². The van der Waals surface area contributed by atoms with Crippen molar-refractivity contribution in [2.24, 2.45) is 0 Å². The van der Waals surface area contributed by atoms with Crippen LogP contribution in [0.25, 0.3) is 5.69 Å². The molecule has 21 heavy (non-hydrogen) atoms. The minimum Gasteiger partial charge on any atom is -0.310 e. The van der Waals surface area contributed by atoms with Gasteiger partial charge in [-0.05, 0) is 50.9 Å². The molecule has 0 bridgehead atoms. The zero-order chi connectivity index (χ0) is 15.4. The van der Waals surface area contributed by atoms with E-state index in [4.69, 9.17) is 11.6 Å². The molecule has 0 spiro atoms. The summed E-state index contributed by atoms with van der Waals surface area (Å²) < 4.78 is 1.92. The lowest BCUT2D eigenvalue weighted by Gasteiger charge is -2.18. The maximum Gasteiger partial charge on any atom is 0.0848 e. The van der Waals surface area contributed by atoms with Crippen LogP contribution < -0.4 is 5.32 Å². The maximum absolute atomic E-state index is 6.25. The molecule has 0 aliphatic heterocycles. The van der Waals surface area contributed by atoms with Crippen molar-refractivity contribution in [1.82, 2.24) is 15.1 Å². The molecule has 0 saturated carbocycles. The van der Waals surface area contributed by atoms with E-state index < -0.39 is 0 Å². The van der Waals surface area contributed by atoms with Gasteiger partial charge >= 0.3 is 0 Å². The van der Waals surface area contributed by atoms with Crippen molar-refractivity contribution >= 4 is 11.6 Å². The normalized spacial score (nSPS) is 12.6. The molecular formula is C17H24ClN3. The van der Waals surface area contributed by atoms with Crippen molar-refractivity contribution in [3.8, 4) is 5.69 Å². The Hall–Kier alpha value is -1.32. The lowest BCUT2D eigenvalue weighted by molar-refractivity contribution is 0.518. The zero-order valence-corrected chi connectivity index (χ0v) is 14.0. The fourth-order valence-electron chi connectivity index (χ4n) is 2.56. The lowest BCUT2D eigenvalue weighted by atomic mass is 10.0. The zero-order valence-electron chi connectivity index (χ0n) is 13.3. The van der Waals surface area contributed by atoms with E-state index in [0.29, 0.717) is 6.04 Å². The van der Waals surface area contributed by atoms with Crippen LogP contribution in [0.15, 0.2) is 24.3 Å². The fraction of sp³-hybridized carbons (Fsp3) is 0.471. The first-order valence-electron chi connectivity index (χ1n) is 7.63. The Bertz CT molecular complexity index is 604. The van der Waals surface area contributed by atoms with Crippen molar-refractivity contribution in [2.45, 2.75) is 46.6 Å². The quantitative estimate of drug-likeness (QED) is 0.845. The van der Waals surface area contributed by atoms with E-state index in [9.17, 15) is 0 Å². The number of hydrogen-bond donors (Lipinski definition) is 1. The van der Waals surface area contributed by atoms with Crippen LogP contribution >= 0.6 is 11.6 Å². The number of nitrogens with zero attached hydrogens (tertiary/aromatic N) is 2. The van der Waals surface area contributed by atoms with Crippen molar-refractivity contribution in [3.63, 3.8) is 0 Å². The van der Waals surface area contributed by atoms with Crippen LogP contribution in [-0.4, -0.2) is 16.3 Å². The highest BCUT2D eigenvalue weighted by molar-refractivity contribution is 6.31. The second-order valence-corrected chi connectivity index (χ2v) is 5.78. The van der Waals surface area contributed by atoms with Crippen LogP contribution in [0.1, 0.15) is 49.7 Å². The van der Waals surface area contributed by atoms with Gasteiger partial charge in [-0.15, -0.1) is 0 Å². The van der Waals surface area contributed by atoms with Crippen molar-refractivity contribution in [2.75, 3.05) is 6.54 Å². The van der Waals surface area contributed by atoms with Gasteiger partial charge in [0, 0.05) is 6.04 Å². The highest BCUT2D eigenvalue weighted by atomic mass is 35.5. The van der Waals surface area contributed by atoms with Gasteiger partial charge in [-0.2, -0.15) is 5.10 Å². The summed E-state index contributed by atoms with van der Waals surface area (Å²) in [6.07, 6.45) is 2.21. The molecule has 1 N–H and O–H groups in total. The molecule has 0 radical (unpaired) electrons. The second kappa shape index (κ2) is 7.10. The topological polar surface area (TPSA) is 29.9 Å². The Morgan fingerprint density at radius 2 is 2.05 bits per heavy atom. The van der Waals surface area contributed by atoms with Crippen molar-refractivity contribution in [1.29, 1.82) is 0 Å². The van der Waals surface area contributed by atoms with Crippen molar-refractivity contribution < 1.29 is 0 Å². The molecule has 2 aromatic rings. The van der Waals surface area contributed by atoms with E-state index in [0.717, 1.165) is 41.5 Å². The summed E-state index contributed by atoms with van der Waals surface area (Å²) in [4.78, 5) is 0. The number of hydrogen-bond acceptors (Lipinski definition) is 2. The predicted octanol–water partition coefficient (Wildman–Crippen LogP) is 4.59. The maximum atomic E-state index is 6.25. The van der Waals surface area contributed by atoms with E-state index in [2.05, 4.69) is 48.5 Å². The highest BCUT2D eigenvalue weighted by Gasteiger charge is 2.13. The summed E-state index contributed by atoms with van der Waals surface area (Å²) in [5.74, 6) is 0. The summed E-state index contributed by atoms with van der Waals surface area (Å²) in [6, 6.07) is 8.93. The van der Waals surface area contributed by atoms with Crippen LogP contribution in [-0.2, 0) is 0 Å². The summed E-state index contributed by atoms with van der Waals surface area (Å²) in [6.45, 7) is 9.37. The summed E-state index contributed by atoms with van der Waals surface area (Å²) in [5, 5.41) is 8.87. The fourth-order valence-corrected chi connectivity index (χ4v) is 2.68. The standard InChI is InChI=1S/C17H24ClN3/c1-5-10-19-16(6-2)14-8-7-9-15(11-14)21-13(4)17(18)12(3)20-21/h7-9,11,16,19H,5-6,10H2,1-4H3. The van der Waals surface area contributed by atoms with Crippen molar-refractivity contribution in [3.05, 3.63) is 46.2 Å².